The summed E-state index contributed by atoms with van der Waals surface area (Å²) < 4.78 is 67.8. The first kappa shape index (κ1) is 31.7. The number of carbonyl (C=O) groups excluding carboxylic acids is 2. The lowest BCUT2D eigenvalue weighted by molar-refractivity contribution is -0.265. The van der Waals surface area contributed by atoms with Crippen LogP contribution >= 0.6 is 0 Å². The number of carbonyl (C=O) groups is 2. The van der Waals surface area contributed by atoms with E-state index in [-0.39, 0.29) is 30.0 Å². The minimum Gasteiger partial charge on any atom is -0.445 e. The fourth-order valence-electron chi connectivity index (χ4n) is 4.62. The largest absolute Gasteiger partial charge is 0.445 e. The number of nitrogens with one attached hydrogen (secondary N) is 1. The molecule has 1 aliphatic rings. The van der Waals surface area contributed by atoms with Crippen LogP contribution in [0.15, 0.2) is 66.7 Å². The van der Waals surface area contributed by atoms with Gasteiger partial charge in [-0.1, -0.05) is 30.3 Å². The number of alkyl carbamates (subject to hydrolysis) is 1. The third kappa shape index (κ3) is 7.07. The number of hydrogen-bond acceptors (Lipinski definition) is 6. The lowest BCUT2D eigenvalue weighted by Crippen LogP contribution is -2.58. The molecule has 1 saturated heterocycles. The van der Waals surface area contributed by atoms with Gasteiger partial charge in [0.15, 0.2) is 0 Å². The molecule has 0 saturated carbocycles. The first-order valence-corrected chi connectivity index (χ1v) is 13.6. The molecule has 8 nitrogen and oxygen atoms in total. The van der Waals surface area contributed by atoms with Crippen LogP contribution in [0.1, 0.15) is 50.9 Å². The Morgan fingerprint density at radius 1 is 1.05 bits per heavy atom. The van der Waals surface area contributed by atoms with Gasteiger partial charge in [-0.05, 0) is 81.6 Å². The molecule has 12 heteroatoms. The Bertz CT molecular complexity index is 1460. The van der Waals surface area contributed by atoms with Gasteiger partial charge < -0.3 is 19.9 Å². The van der Waals surface area contributed by atoms with E-state index in [1.54, 1.807) is 52.0 Å². The first-order valence-electron chi connectivity index (χ1n) is 13.6. The van der Waals surface area contributed by atoms with Crippen LogP contribution in [-0.2, 0) is 27.2 Å². The molecular weight excluding hydrogens is 570 g/mol. The van der Waals surface area contributed by atoms with Crippen molar-refractivity contribution >= 4 is 12.2 Å². The van der Waals surface area contributed by atoms with Crippen molar-refractivity contribution in [2.75, 3.05) is 13.1 Å². The van der Waals surface area contributed by atoms with Crippen molar-refractivity contribution in [2.45, 2.75) is 63.6 Å². The van der Waals surface area contributed by atoms with Crippen LogP contribution in [0.2, 0.25) is 0 Å². The van der Waals surface area contributed by atoms with Crippen LogP contribution in [0, 0.1) is 5.82 Å². The Balaban J connectivity index is 1.73. The second-order valence-corrected chi connectivity index (χ2v) is 11.6. The predicted octanol–water partition coefficient (Wildman–Crippen LogP) is 6.42. The average Bonchev–Trinajstić information content (AvgIpc) is 2.93. The molecule has 0 radical (unpaired) electrons. The summed E-state index contributed by atoms with van der Waals surface area (Å²) in [6.07, 6.45) is -6.75. The number of pyridine rings is 1. The van der Waals surface area contributed by atoms with Crippen LogP contribution < -0.4 is 5.32 Å². The number of alkyl halides is 3. The summed E-state index contributed by atoms with van der Waals surface area (Å²) in [6.45, 7) is 5.26. The average molecular weight is 604 g/mol. The van der Waals surface area contributed by atoms with Crippen molar-refractivity contribution in [3.8, 4) is 11.3 Å². The number of aliphatic hydroxyl groups is 1. The zero-order valence-electron chi connectivity index (χ0n) is 24.2. The van der Waals surface area contributed by atoms with E-state index in [4.69, 9.17) is 9.47 Å². The van der Waals surface area contributed by atoms with E-state index >= 15 is 0 Å². The molecule has 3 aromatic rings. The van der Waals surface area contributed by atoms with Gasteiger partial charge in [-0.15, -0.1) is 0 Å². The molecule has 2 heterocycles. The van der Waals surface area contributed by atoms with Gasteiger partial charge in [-0.2, -0.15) is 13.2 Å². The second-order valence-electron chi connectivity index (χ2n) is 11.6. The summed E-state index contributed by atoms with van der Waals surface area (Å²) in [5.74, 6) is -0.563. The molecule has 1 fully saturated rings. The number of ether oxygens (including phenoxy) is 2. The highest BCUT2D eigenvalue weighted by Crippen LogP contribution is 2.45. The standard InChI is InChI=1S/C31H33F4N3O5/c1-28(2,3)43-26(39)36-19-30(41,31(33,34)35)25-17-22(16-24(37-25)21-10-12-23(32)13-11-21)29(4)14-15-38(29)27(40)42-18-20-8-6-5-7-9-20/h5-13,16-17,41H,14-15,18-19H2,1-4H3,(H,36,39)/t29-,30?/m0/s1. The number of likely N-dealkylation sites (tertiary alicyclic amines) is 1. The first-order chi connectivity index (χ1) is 20.0. The molecule has 2 aromatic carbocycles. The summed E-state index contributed by atoms with van der Waals surface area (Å²) in [7, 11) is 0. The predicted molar refractivity (Wildman–Crippen MR) is 149 cm³/mol. The Labute approximate surface area is 246 Å². The van der Waals surface area contributed by atoms with Gasteiger partial charge in [-0.3, -0.25) is 4.90 Å². The van der Waals surface area contributed by atoms with E-state index in [1.165, 1.54) is 23.1 Å². The fraction of sp³-hybridized carbons (Fsp3) is 0.387. The molecule has 0 aliphatic carbocycles. The van der Waals surface area contributed by atoms with E-state index < -0.39 is 53.2 Å². The topological polar surface area (TPSA) is 101 Å². The summed E-state index contributed by atoms with van der Waals surface area (Å²) in [5.41, 5.74) is -5.31. The Morgan fingerprint density at radius 2 is 1.70 bits per heavy atom. The van der Waals surface area contributed by atoms with Gasteiger partial charge in [-0.25, -0.2) is 19.0 Å². The normalized spacial score (nSPS) is 18.3. The van der Waals surface area contributed by atoms with Gasteiger partial charge in [0.2, 0.25) is 5.60 Å². The molecule has 0 spiro atoms. The molecule has 1 aromatic heterocycles. The minimum atomic E-state index is -5.29. The highest BCUT2D eigenvalue weighted by Gasteiger charge is 2.57. The zero-order valence-corrected chi connectivity index (χ0v) is 24.2. The monoisotopic (exact) mass is 603 g/mol. The molecule has 4 rings (SSSR count). The maximum atomic E-state index is 14.5. The Kier molecular flexibility index (Phi) is 8.73. The van der Waals surface area contributed by atoms with Crippen molar-refractivity contribution < 1.29 is 41.7 Å². The smallest absolute Gasteiger partial charge is 0.424 e. The zero-order chi connectivity index (χ0) is 31.6. The van der Waals surface area contributed by atoms with Crippen LogP contribution in [0.5, 0.6) is 0 Å². The SMILES string of the molecule is CC(C)(C)OC(=O)NCC(O)(c1cc([C@]2(C)CCN2C(=O)OCc2ccccc2)cc(-c2ccc(F)cc2)n1)C(F)(F)F. The molecule has 2 amide bonds. The molecule has 1 unspecified atom stereocenters. The van der Waals surface area contributed by atoms with E-state index in [0.29, 0.717) is 6.42 Å². The fourth-order valence-corrected chi connectivity index (χ4v) is 4.62. The second kappa shape index (κ2) is 11.8. The van der Waals surface area contributed by atoms with E-state index in [9.17, 15) is 32.3 Å². The van der Waals surface area contributed by atoms with E-state index in [2.05, 4.69) is 4.98 Å². The highest BCUT2D eigenvalue weighted by molar-refractivity contribution is 5.71. The summed E-state index contributed by atoms with van der Waals surface area (Å²) in [4.78, 5) is 30.8. The van der Waals surface area contributed by atoms with Crippen molar-refractivity contribution in [3.05, 3.63) is 89.4 Å². The number of rotatable bonds is 7. The lowest BCUT2D eigenvalue weighted by Gasteiger charge is -2.50. The molecule has 0 bridgehead atoms. The number of amides is 2. The van der Waals surface area contributed by atoms with Crippen LogP contribution in [-0.4, -0.2) is 52.0 Å². The van der Waals surface area contributed by atoms with Crippen molar-refractivity contribution in [1.29, 1.82) is 0 Å². The number of halogens is 4. The summed E-state index contributed by atoms with van der Waals surface area (Å²) in [6, 6.07) is 16.5. The third-order valence-corrected chi connectivity index (χ3v) is 7.21. The maximum absolute atomic E-state index is 14.5. The van der Waals surface area contributed by atoms with Crippen molar-refractivity contribution in [2.24, 2.45) is 0 Å². The minimum absolute atomic E-state index is 0.00115. The molecule has 43 heavy (non-hydrogen) atoms. The molecular formula is C31H33F4N3O5. The number of aromatic nitrogens is 1. The molecule has 2 N–H and O–H groups in total. The van der Waals surface area contributed by atoms with Gasteiger partial charge in [0.1, 0.15) is 18.0 Å². The van der Waals surface area contributed by atoms with Crippen LogP contribution in [0.3, 0.4) is 0 Å². The van der Waals surface area contributed by atoms with Crippen LogP contribution in [0.4, 0.5) is 27.2 Å². The van der Waals surface area contributed by atoms with Crippen molar-refractivity contribution in [3.63, 3.8) is 0 Å². The maximum Gasteiger partial charge on any atom is 0.424 e. The molecule has 1 aliphatic heterocycles. The quantitative estimate of drug-likeness (QED) is 0.303. The molecule has 2 atom stereocenters. The van der Waals surface area contributed by atoms with Gasteiger partial charge >= 0.3 is 18.4 Å². The van der Waals surface area contributed by atoms with Crippen LogP contribution in [0.25, 0.3) is 11.3 Å². The van der Waals surface area contributed by atoms with Gasteiger partial charge in [0.25, 0.3) is 0 Å². The number of nitrogens with zero attached hydrogens (tertiary/aromatic N) is 2. The van der Waals surface area contributed by atoms with Crippen molar-refractivity contribution in [1.82, 2.24) is 15.2 Å². The molecule has 230 valence electrons. The van der Waals surface area contributed by atoms with E-state index in [1.807, 2.05) is 11.4 Å². The lowest BCUT2D eigenvalue weighted by atomic mass is 9.79. The third-order valence-electron chi connectivity index (χ3n) is 7.21. The number of hydrogen-bond donors (Lipinski definition) is 2. The van der Waals surface area contributed by atoms with Gasteiger partial charge in [0.05, 0.1) is 23.5 Å². The van der Waals surface area contributed by atoms with E-state index in [0.717, 1.165) is 23.8 Å². The number of benzene rings is 2. The van der Waals surface area contributed by atoms with Gasteiger partial charge in [0, 0.05) is 12.1 Å². The Morgan fingerprint density at radius 3 is 2.26 bits per heavy atom. The highest BCUT2D eigenvalue weighted by atomic mass is 19.4. The summed E-state index contributed by atoms with van der Waals surface area (Å²) >= 11 is 0. The Hall–Kier alpha value is -4.19. The summed E-state index contributed by atoms with van der Waals surface area (Å²) in [5, 5.41) is 13.1.